The Bertz CT molecular complexity index is 542. The molecule has 0 aliphatic carbocycles. The third-order valence-electron chi connectivity index (χ3n) is 3.11. The Morgan fingerprint density at radius 2 is 2.26 bits per heavy atom. The first-order chi connectivity index (χ1) is 9.03. The first kappa shape index (κ1) is 14.9. The first-order valence-electron chi connectivity index (χ1n) is 6.09. The van der Waals surface area contributed by atoms with Crippen LogP contribution >= 0.6 is 15.9 Å². The normalized spacial score (nSPS) is 19.8. The molecule has 3 N–H and O–H groups in total. The lowest BCUT2D eigenvalue weighted by Gasteiger charge is -2.12. The van der Waals surface area contributed by atoms with Crippen LogP contribution in [0.15, 0.2) is 27.6 Å². The van der Waals surface area contributed by atoms with E-state index in [1.165, 1.54) is 0 Å². The number of nitrogens with one attached hydrogen (secondary N) is 1. The molecule has 7 heteroatoms. The Balaban J connectivity index is 2.13. The molecule has 0 saturated carbocycles. The topological polar surface area (TPSA) is 81.4 Å². The summed E-state index contributed by atoms with van der Waals surface area (Å²) in [5.41, 5.74) is 6.32. The molecule has 0 bridgehead atoms. The molecule has 1 aromatic carbocycles. The average Bonchev–Trinajstić information content (AvgIpc) is 2.90. The van der Waals surface area contributed by atoms with Crippen LogP contribution < -0.4 is 10.5 Å². The minimum atomic E-state index is -3.52. The van der Waals surface area contributed by atoms with Gasteiger partial charge in [0.25, 0.3) is 0 Å². The van der Waals surface area contributed by atoms with E-state index in [0.717, 1.165) is 12.0 Å². The number of rotatable bonds is 5. The van der Waals surface area contributed by atoms with Crippen LogP contribution in [0.1, 0.15) is 12.0 Å². The van der Waals surface area contributed by atoms with Crippen molar-refractivity contribution in [3.05, 3.63) is 28.2 Å². The van der Waals surface area contributed by atoms with Gasteiger partial charge in [0.1, 0.15) is 0 Å². The van der Waals surface area contributed by atoms with Crippen LogP contribution in [0.4, 0.5) is 0 Å². The molecule has 1 fully saturated rings. The molecule has 1 heterocycles. The summed E-state index contributed by atoms with van der Waals surface area (Å²) >= 11 is 3.26. The molecule has 0 spiro atoms. The number of halogens is 1. The fourth-order valence-electron chi connectivity index (χ4n) is 1.93. The summed E-state index contributed by atoms with van der Waals surface area (Å²) in [6.45, 7) is 2.04. The number of nitrogens with two attached hydrogens (primary N) is 1. The summed E-state index contributed by atoms with van der Waals surface area (Å²) in [6, 6.07) is 5.10. The van der Waals surface area contributed by atoms with Crippen LogP contribution in [0.25, 0.3) is 0 Å². The molecular weight excluding hydrogens is 332 g/mol. The summed E-state index contributed by atoms with van der Waals surface area (Å²) in [5.74, 6) is 0.256. The fraction of sp³-hybridized carbons (Fsp3) is 0.500. The van der Waals surface area contributed by atoms with Gasteiger partial charge in [-0.15, -0.1) is 0 Å². The van der Waals surface area contributed by atoms with Crippen LogP contribution in [-0.4, -0.2) is 28.2 Å². The highest BCUT2D eigenvalue weighted by Crippen LogP contribution is 2.23. The number of ether oxygens (including phenoxy) is 1. The van der Waals surface area contributed by atoms with Gasteiger partial charge in [-0.05, 0) is 46.0 Å². The van der Waals surface area contributed by atoms with Gasteiger partial charge in [0.2, 0.25) is 10.0 Å². The van der Waals surface area contributed by atoms with Crippen molar-refractivity contribution in [1.29, 1.82) is 0 Å². The third kappa shape index (κ3) is 3.76. The van der Waals surface area contributed by atoms with Crippen molar-refractivity contribution in [2.45, 2.75) is 17.9 Å². The van der Waals surface area contributed by atoms with Gasteiger partial charge in [-0.1, -0.05) is 6.07 Å². The summed E-state index contributed by atoms with van der Waals surface area (Å²) < 4.78 is 32.9. The molecule has 1 aliphatic heterocycles. The van der Waals surface area contributed by atoms with E-state index in [9.17, 15) is 8.42 Å². The Morgan fingerprint density at radius 1 is 1.47 bits per heavy atom. The van der Waals surface area contributed by atoms with Crippen molar-refractivity contribution in [3.63, 3.8) is 0 Å². The van der Waals surface area contributed by atoms with Crippen molar-refractivity contribution in [3.8, 4) is 0 Å². The van der Waals surface area contributed by atoms with E-state index in [-0.39, 0.29) is 10.8 Å². The highest BCUT2D eigenvalue weighted by molar-refractivity contribution is 9.10. The van der Waals surface area contributed by atoms with Crippen molar-refractivity contribution < 1.29 is 13.2 Å². The van der Waals surface area contributed by atoms with Crippen LogP contribution in [0.3, 0.4) is 0 Å². The van der Waals surface area contributed by atoms with Crippen LogP contribution in [0.2, 0.25) is 0 Å². The maximum atomic E-state index is 12.3. The monoisotopic (exact) mass is 348 g/mol. The Morgan fingerprint density at radius 3 is 2.89 bits per heavy atom. The van der Waals surface area contributed by atoms with E-state index in [1.807, 2.05) is 0 Å². The van der Waals surface area contributed by atoms with E-state index < -0.39 is 10.0 Å². The molecule has 1 aliphatic rings. The quantitative estimate of drug-likeness (QED) is 0.838. The van der Waals surface area contributed by atoms with Gasteiger partial charge in [-0.2, -0.15) is 0 Å². The zero-order valence-corrected chi connectivity index (χ0v) is 12.8. The number of benzene rings is 1. The Labute approximate surface area is 121 Å². The predicted molar refractivity (Wildman–Crippen MR) is 76.1 cm³/mol. The van der Waals surface area contributed by atoms with E-state index in [2.05, 4.69) is 20.7 Å². The average molecular weight is 349 g/mol. The summed E-state index contributed by atoms with van der Waals surface area (Å²) in [7, 11) is -3.52. The van der Waals surface area contributed by atoms with Gasteiger partial charge in [0.15, 0.2) is 0 Å². The maximum Gasteiger partial charge on any atom is 0.241 e. The molecule has 1 unspecified atom stereocenters. The minimum Gasteiger partial charge on any atom is -0.381 e. The number of hydrogen-bond acceptors (Lipinski definition) is 4. The van der Waals surface area contributed by atoms with Gasteiger partial charge >= 0.3 is 0 Å². The standard InChI is InChI=1S/C12H17BrN2O3S/c13-11-2-1-9(6-14)5-12(11)19(16,17)15-7-10-3-4-18-8-10/h1-2,5,10,15H,3-4,6-8,14H2. The van der Waals surface area contributed by atoms with E-state index in [4.69, 9.17) is 10.5 Å². The van der Waals surface area contributed by atoms with Crippen LogP contribution in [0, 0.1) is 5.92 Å². The maximum absolute atomic E-state index is 12.3. The largest absolute Gasteiger partial charge is 0.381 e. The van der Waals surface area contributed by atoms with E-state index in [0.29, 0.717) is 30.8 Å². The smallest absolute Gasteiger partial charge is 0.241 e. The molecule has 0 radical (unpaired) electrons. The minimum absolute atomic E-state index is 0.231. The lowest BCUT2D eigenvalue weighted by Crippen LogP contribution is -2.30. The van der Waals surface area contributed by atoms with Crippen molar-refractivity contribution >= 4 is 26.0 Å². The highest BCUT2D eigenvalue weighted by Gasteiger charge is 2.22. The highest BCUT2D eigenvalue weighted by atomic mass is 79.9. The molecule has 19 heavy (non-hydrogen) atoms. The van der Waals surface area contributed by atoms with Crippen molar-refractivity contribution in [2.24, 2.45) is 11.7 Å². The lowest BCUT2D eigenvalue weighted by atomic mass is 10.1. The Kier molecular flexibility index (Phi) is 4.97. The van der Waals surface area contributed by atoms with Crippen molar-refractivity contribution in [2.75, 3.05) is 19.8 Å². The van der Waals surface area contributed by atoms with Crippen LogP contribution in [-0.2, 0) is 21.3 Å². The van der Waals surface area contributed by atoms with E-state index in [1.54, 1.807) is 18.2 Å². The van der Waals surface area contributed by atoms with Gasteiger partial charge in [0.05, 0.1) is 11.5 Å². The summed E-state index contributed by atoms with van der Waals surface area (Å²) in [6.07, 6.45) is 0.895. The number of sulfonamides is 1. The number of hydrogen-bond donors (Lipinski definition) is 2. The Hall–Kier alpha value is -0.470. The summed E-state index contributed by atoms with van der Waals surface area (Å²) in [4.78, 5) is 0.231. The van der Waals surface area contributed by atoms with Crippen LogP contribution in [0.5, 0.6) is 0 Å². The lowest BCUT2D eigenvalue weighted by molar-refractivity contribution is 0.186. The third-order valence-corrected chi connectivity index (χ3v) is 5.52. The van der Waals surface area contributed by atoms with E-state index >= 15 is 0 Å². The molecule has 2 rings (SSSR count). The second kappa shape index (κ2) is 6.32. The molecule has 1 atom stereocenters. The molecule has 0 amide bonds. The molecule has 0 aromatic heterocycles. The molecular formula is C12H17BrN2O3S. The van der Waals surface area contributed by atoms with Gasteiger partial charge in [0, 0.05) is 24.2 Å². The second-order valence-corrected chi connectivity index (χ2v) is 7.14. The fourth-order valence-corrected chi connectivity index (χ4v) is 4.06. The molecule has 5 nitrogen and oxygen atoms in total. The summed E-state index contributed by atoms with van der Waals surface area (Å²) in [5, 5.41) is 0. The van der Waals surface area contributed by atoms with Gasteiger partial charge in [-0.3, -0.25) is 0 Å². The molecule has 1 aromatic rings. The van der Waals surface area contributed by atoms with Crippen molar-refractivity contribution in [1.82, 2.24) is 4.72 Å². The second-order valence-electron chi connectivity index (χ2n) is 4.55. The predicted octanol–water partition coefficient (Wildman–Crippen LogP) is 1.22. The molecule has 106 valence electrons. The zero-order chi connectivity index (χ0) is 13.9. The SMILES string of the molecule is NCc1ccc(Br)c(S(=O)(=O)NCC2CCOC2)c1. The molecule has 1 saturated heterocycles. The first-order valence-corrected chi connectivity index (χ1v) is 8.36. The van der Waals surface area contributed by atoms with Gasteiger partial charge < -0.3 is 10.5 Å². The zero-order valence-electron chi connectivity index (χ0n) is 10.4. The van der Waals surface area contributed by atoms with Gasteiger partial charge in [-0.25, -0.2) is 13.1 Å².